The maximum Gasteiger partial charge on any atom is 0.330 e. The molecule has 1 aliphatic rings. The van der Waals surface area contributed by atoms with E-state index in [0.717, 1.165) is 118 Å². The van der Waals surface area contributed by atoms with Gasteiger partial charge in [-0.2, -0.15) is 5.10 Å². The van der Waals surface area contributed by atoms with Crippen molar-refractivity contribution in [2.45, 2.75) is 97.0 Å². The molecule has 1 fully saturated rings. The minimum Gasteiger partial charge on any atom is -0.493 e. The van der Waals surface area contributed by atoms with Gasteiger partial charge in [-0.25, -0.2) is 14.8 Å². The fraction of sp³-hybridized carbons (Fsp3) is 0.465. The first-order chi connectivity index (χ1) is 25.1. The number of carbonyl (C=O) groups is 1. The van der Waals surface area contributed by atoms with Gasteiger partial charge >= 0.3 is 5.97 Å². The van der Waals surface area contributed by atoms with Gasteiger partial charge in [0.05, 0.1) is 35.7 Å². The molecule has 272 valence electrons. The maximum absolute atomic E-state index is 11.1. The molecule has 3 aromatic carbocycles. The van der Waals surface area contributed by atoms with E-state index in [2.05, 4.69) is 86.1 Å². The number of anilines is 1. The molecular weight excluding hydrogens is 655 g/mol. The molecule has 0 unspecified atom stereocenters. The molecule has 0 radical (unpaired) electrons. The van der Waals surface area contributed by atoms with E-state index in [9.17, 15) is 4.79 Å². The van der Waals surface area contributed by atoms with E-state index in [4.69, 9.17) is 24.3 Å². The van der Waals surface area contributed by atoms with Gasteiger partial charge in [0.1, 0.15) is 5.75 Å². The van der Waals surface area contributed by atoms with Crippen LogP contribution >= 0.6 is 11.3 Å². The molecule has 1 heterocycles. The Balaban J connectivity index is 1.18. The minimum atomic E-state index is -0.345. The third-order valence-electron chi connectivity index (χ3n) is 9.47. The molecule has 1 aliphatic carbocycles. The van der Waals surface area contributed by atoms with E-state index in [-0.39, 0.29) is 5.97 Å². The topological polar surface area (TPSA) is 73.2 Å². The van der Waals surface area contributed by atoms with Crippen molar-refractivity contribution >= 4 is 38.9 Å². The molecule has 0 N–H and O–H groups in total. The van der Waals surface area contributed by atoms with Crippen LogP contribution in [0.3, 0.4) is 0 Å². The van der Waals surface area contributed by atoms with Crippen LogP contribution in [0.25, 0.3) is 21.3 Å². The molecule has 0 bridgehead atoms. The van der Waals surface area contributed by atoms with Crippen molar-refractivity contribution in [2.24, 2.45) is 11.0 Å². The van der Waals surface area contributed by atoms with Crippen LogP contribution in [-0.2, 0) is 20.7 Å². The molecule has 5 rings (SSSR count). The standard InChI is InChI=1S/C43H55N3O4S/c1-4-7-27-46(43-45-40-15-10-11-16-41(40)51-43)44-31-36-30-38(25-26-39(36)35-21-17-33(14-5-2)18-22-35)50-32-34-19-23-37(24-20-34)48-28-12-8-9-13-29-49-42(47)6-3/h6,10-11,15-18,21-22,25-26,30-31,34,37H,3-5,7-9,12-14,19-20,23-24,27-29,32H2,1-2H3/b44-31+. The molecule has 4 aromatic rings. The number of hydrazone groups is 1. The first-order valence-corrected chi connectivity index (χ1v) is 19.8. The van der Waals surface area contributed by atoms with Crippen molar-refractivity contribution in [3.05, 3.63) is 90.5 Å². The van der Waals surface area contributed by atoms with Gasteiger partial charge in [0.25, 0.3) is 0 Å². The van der Waals surface area contributed by atoms with Gasteiger partial charge < -0.3 is 14.2 Å². The van der Waals surface area contributed by atoms with E-state index in [1.165, 1.54) is 21.9 Å². The Morgan fingerprint density at radius 2 is 1.73 bits per heavy atom. The largest absolute Gasteiger partial charge is 0.493 e. The monoisotopic (exact) mass is 709 g/mol. The van der Waals surface area contributed by atoms with Crippen LogP contribution in [0.5, 0.6) is 5.75 Å². The van der Waals surface area contributed by atoms with Crippen molar-refractivity contribution in [1.82, 2.24) is 4.98 Å². The highest BCUT2D eigenvalue weighted by atomic mass is 32.1. The summed E-state index contributed by atoms with van der Waals surface area (Å²) in [5.74, 6) is 1.05. The number of benzene rings is 3. The lowest BCUT2D eigenvalue weighted by Gasteiger charge is -2.28. The van der Waals surface area contributed by atoms with E-state index in [1.807, 2.05) is 12.3 Å². The zero-order valence-electron chi connectivity index (χ0n) is 30.6. The summed E-state index contributed by atoms with van der Waals surface area (Å²) in [6.07, 6.45) is 16.3. The summed E-state index contributed by atoms with van der Waals surface area (Å²) < 4.78 is 18.9. The van der Waals surface area contributed by atoms with Crippen LogP contribution in [0.1, 0.15) is 95.6 Å². The van der Waals surface area contributed by atoms with Gasteiger partial charge in [0, 0.05) is 24.8 Å². The number of thiazole rings is 1. The third-order valence-corrected chi connectivity index (χ3v) is 10.5. The highest BCUT2D eigenvalue weighted by Gasteiger charge is 2.22. The molecule has 51 heavy (non-hydrogen) atoms. The number of hydrogen-bond acceptors (Lipinski definition) is 8. The lowest BCUT2D eigenvalue weighted by Crippen LogP contribution is -2.25. The summed E-state index contributed by atoms with van der Waals surface area (Å²) in [6, 6.07) is 23.7. The first-order valence-electron chi connectivity index (χ1n) is 19.0. The van der Waals surface area contributed by atoms with Crippen LogP contribution in [0, 0.1) is 5.92 Å². The van der Waals surface area contributed by atoms with Crippen LogP contribution in [0.4, 0.5) is 5.13 Å². The molecule has 1 saturated carbocycles. The predicted octanol–water partition coefficient (Wildman–Crippen LogP) is 10.8. The van der Waals surface area contributed by atoms with Gasteiger partial charge in [0.2, 0.25) is 5.13 Å². The summed E-state index contributed by atoms with van der Waals surface area (Å²) in [5.41, 5.74) is 5.72. The highest BCUT2D eigenvalue weighted by molar-refractivity contribution is 7.22. The minimum absolute atomic E-state index is 0.340. The number of fused-ring (bicyclic) bond motifs is 1. The van der Waals surface area contributed by atoms with Gasteiger partial charge in [0.15, 0.2) is 0 Å². The van der Waals surface area contributed by atoms with Crippen molar-refractivity contribution in [3.8, 4) is 16.9 Å². The van der Waals surface area contributed by atoms with E-state index in [0.29, 0.717) is 25.2 Å². The lowest BCUT2D eigenvalue weighted by molar-refractivity contribution is -0.137. The van der Waals surface area contributed by atoms with Crippen LogP contribution in [0.2, 0.25) is 0 Å². The summed E-state index contributed by atoms with van der Waals surface area (Å²) in [4.78, 5) is 16.0. The van der Waals surface area contributed by atoms with E-state index >= 15 is 0 Å². The number of para-hydroxylation sites is 1. The van der Waals surface area contributed by atoms with Crippen LogP contribution in [-0.4, -0.2) is 49.6 Å². The molecule has 7 nitrogen and oxygen atoms in total. The number of aromatic nitrogens is 1. The molecule has 0 saturated heterocycles. The molecule has 8 heteroatoms. The second-order valence-corrected chi connectivity index (χ2v) is 14.5. The van der Waals surface area contributed by atoms with E-state index in [1.54, 1.807) is 11.3 Å². The Kier molecular flexibility index (Phi) is 15.5. The average molecular weight is 710 g/mol. The summed E-state index contributed by atoms with van der Waals surface area (Å²) in [5, 5.41) is 8.03. The van der Waals surface area contributed by atoms with Gasteiger partial charge in [-0.15, -0.1) is 0 Å². The Hall–Kier alpha value is -4.01. The number of nitrogens with zero attached hydrogens (tertiary/aromatic N) is 3. The number of esters is 1. The number of carbonyl (C=O) groups excluding carboxylic acids is 1. The zero-order chi connectivity index (χ0) is 35.7. The van der Waals surface area contributed by atoms with Crippen molar-refractivity contribution in [1.29, 1.82) is 0 Å². The van der Waals surface area contributed by atoms with Crippen LogP contribution < -0.4 is 9.75 Å². The molecule has 0 amide bonds. The van der Waals surface area contributed by atoms with Gasteiger partial charge in [-0.3, -0.25) is 0 Å². The number of rotatable bonds is 21. The number of aryl methyl sites for hydroxylation is 1. The molecule has 1 aromatic heterocycles. The molecule has 0 aliphatic heterocycles. The molecule has 0 atom stereocenters. The molecule has 0 spiro atoms. The van der Waals surface area contributed by atoms with Gasteiger partial charge in [-0.05, 0) is 105 Å². The van der Waals surface area contributed by atoms with E-state index < -0.39 is 0 Å². The number of unbranched alkanes of at least 4 members (excludes halogenated alkanes) is 4. The number of ether oxygens (including phenoxy) is 3. The maximum atomic E-state index is 11.1. The average Bonchev–Trinajstić information content (AvgIpc) is 3.60. The predicted molar refractivity (Wildman–Crippen MR) is 212 cm³/mol. The number of hydrogen-bond donors (Lipinski definition) is 0. The highest BCUT2D eigenvalue weighted by Crippen LogP contribution is 2.32. The Bertz CT molecular complexity index is 1640. The van der Waals surface area contributed by atoms with Crippen molar-refractivity contribution in [2.75, 3.05) is 31.4 Å². The zero-order valence-corrected chi connectivity index (χ0v) is 31.4. The first kappa shape index (κ1) is 38.2. The quantitative estimate of drug-likeness (QED) is 0.0282. The lowest BCUT2D eigenvalue weighted by atomic mass is 9.88. The fourth-order valence-corrected chi connectivity index (χ4v) is 7.42. The summed E-state index contributed by atoms with van der Waals surface area (Å²) in [7, 11) is 0. The van der Waals surface area contributed by atoms with Gasteiger partial charge in [-0.1, -0.05) is 93.5 Å². The Morgan fingerprint density at radius 1 is 0.941 bits per heavy atom. The normalized spacial score (nSPS) is 16.0. The SMILES string of the molecule is C=CC(=O)OCCCCCCOC1CCC(COc2ccc(-c3ccc(CCC)cc3)c(/C=N/N(CCCC)c3nc4ccccc4s3)c2)CC1. The van der Waals surface area contributed by atoms with Crippen molar-refractivity contribution in [3.63, 3.8) is 0 Å². The molecular formula is C43H55N3O4S. The smallest absolute Gasteiger partial charge is 0.330 e. The Morgan fingerprint density at radius 3 is 2.47 bits per heavy atom. The third kappa shape index (κ3) is 12.0. The summed E-state index contributed by atoms with van der Waals surface area (Å²) >= 11 is 1.69. The summed E-state index contributed by atoms with van der Waals surface area (Å²) in [6.45, 7) is 10.6. The second kappa shape index (κ2) is 20.7. The Labute approximate surface area is 308 Å². The van der Waals surface area contributed by atoms with Crippen LogP contribution in [0.15, 0.2) is 84.5 Å². The van der Waals surface area contributed by atoms with Crippen molar-refractivity contribution < 1.29 is 19.0 Å². The second-order valence-electron chi connectivity index (χ2n) is 13.5. The fourth-order valence-electron chi connectivity index (χ4n) is 6.47.